The number of benzene rings is 1. The van der Waals surface area contributed by atoms with Crippen molar-refractivity contribution in [3.8, 4) is 0 Å². The number of hydrogen-bond acceptors (Lipinski definition) is 7. The fourth-order valence-electron chi connectivity index (χ4n) is 8.26. The number of aromatic nitrogens is 2. The smallest absolute Gasteiger partial charge is 0.263 e. The maximum Gasteiger partial charge on any atom is 0.263 e. The van der Waals surface area contributed by atoms with Crippen LogP contribution in [0.2, 0.25) is 0 Å². The number of fused-ring (bicyclic) bond motifs is 8. The molecule has 2 amide bonds. The first-order valence-electron chi connectivity index (χ1n) is 20.4. The van der Waals surface area contributed by atoms with Gasteiger partial charge in [0, 0.05) is 57.2 Å². The summed E-state index contributed by atoms with van der Waals surface area (Å²) in [5, 5.41) is 9.15. The molecule has 0 bridgehead atoms. The lowest BCUT2D eigenvalue weighted by Gasteiger charge is -2.05. The third kappa shape index (κ3) is 7.35. The van der Waals surface area contributed by atoms with Crippen LogP contribution < -0.4 is 21.8 Å². The third-order valence-corrected chi connectivity index (χ3v) is 14.7. The van der Waals surface area contributed by atoms with Crippen LogP contribution in [-0.4, -0.2) is 33.7 Å². The van der Waals surface area contributed by atoms with Gasteiger partial charge in [-0.2, -0.15) is 0 Å². The van der Waals surface area contributed by atoms with E-state index in [9.17, 15) is 19.2 Å². The molecule has 0 saturated heterocycles. The first-order chi connectivity index (χ1) is 26.9. The molecule has 8 nitrogen and oxygen atoms in total. The molecule has 7 aromatic heterocycles. The minimum Gasteiger partial charge on any atom is -0.356 e. The van der Waals surface area contributed by atoms with Crippen LogP contribution in [0, 0.1) is 0 Å². The number of nitrogens with one attached hydrogen (secondary N) is 2. The Bertz CT molecular complexity index is 2560. The molecular formula is C44H50N4O4S3. The fraction of sp³-hybridized carbons (Fsp3) is 0.455. The molecule has 8 rings (SSSR count). The Morgan fingerprint density at radius 3 is 1.40 bits per heavy atom. The summed E-state index contributed by atoms with van der Waals surface area (Å²) in [6.45, 7) is 5.90. The predicted molar refractivity (Wildman–Crippen MR) is 234 cm³/mol. The zero-order chi connectivity index (χ0) is 38.1. The number of amides is 2. The maximum atomic E-state index is 14.2. The second kappa shape index (κ2) is 16.6. The molecule has 1 aromatic carbocycles. The molecule has 0 radical (unpaired) electrons. The summed E-state index contributed by atoms with van der Waals surface area (Å²) < 4.78 is 7.75. The fourth-order valence-corrected chi connectivity index (χ4v) is 11.8. The van der Waals surface area contributed by atoms with Crippen LogP contribution in [0.1, 0.15) is 113 Å². The molecule has 0 spiro atoms. The Hall–Kier alpha value is -4.06. The third-order valence-electron chi connectivity index (χ3n) is 11.2. The van der Waals surface area contributed by atoms with E-state index in [0.29, 0.717) is 36.5 Å². The lowest BCUT2D eigenvalue weighted by atomic mass is 10.0. The Morgan fingerprint density at radius 1 is 0.545 bits per heavy atom. The van der Waals surface area contributed by atoms with E-state index in [0.717, 1.165) is 100 Å². The van der Waals surface area contributed by atoms with Crippen LogP contribution in [-0.2, 0) is 22.4 Å². The van der Waals surface area contributed by atoms with Gasteiger partial charge in [-0.25, -0.2) is 0 Å². The van der Waals surface area contributed by atoms with Crippen molar-refractivity contribution >= 4 is 108 Å². The van der Waals surface area contributed by atoms with Gasteiger partial charge in [0.15, 0.2) is 0 Å². The van der Waals surface area contributed by atoms with Gasteiger partial charge in [0.25, 0.3) is 11.1 Å². The number of carbonyl (C=O) groups is 2. The van der Waals surface area contributed by atoms with Crippen molar-refractivity contribution in [3.63, 3.8) is 0 Å². The summed E-state index contributed by atoms with van der Waals surface area (Å²) in [4.78, 5) is 55.7. The molecule has 7 heterocycles. The number of unbranched alkanes of at least 4 members (excludes halogenated alkanes) is 10. The molecule has 0 fully saturated rings. The van der Waals surface area contributed by atoms with Crippen LogP contribution in [0.3, 0.4) is 0 Å². The summed E-state index contributed by atoms with van der Waals surface area (Å²) in [5.74, 6) is 0.154. The molecule has 0 aliphatic rings. The molecule has 0 saturated carbocycles. The monoisotopic (exact) mass is 794 g/mol. The van der Waals surface area contributed by atoms with E-state index in [1.807, 2.05) is 20.9 Å². The van der Waals surface area contributed by atoms with Gasteiger partial charge in [0.1, 0.15) is 0 Å². The van der Waals surface area contributed by atoms with Crippen molar-refractivity contribution in [2.24, 2.45) is 0 Å². The van der Waals surface area contributed by atoms with Crippen LogP contribution >= 0.6 is 34.0 Å². The summed E-state index contributed by atoms with van der Waals surface area (Å²) in [5.41, 5.74) is 3.33. The van der Waals surface area contributed by atoms with Crippen LogP contribution in [0.4, 0.5) is 0 Å². The van der Waals surface area contributed by atoms with Gasteiger partial charge < -0.3 is 10.6 Å². The average Bonchev–Trinajstić information content (AvgIpc) is 3.99. The Morgan fingerprint density at radius 2 is 0.964 bits per heavy atom. The van der Waals surface area contributed by atoms with E-state index in [1.54, 1.807) is 34.0 Å². The van der Waals surface area contributed by atoms with Crippen molar-refractivity contribution in [2.75, 3.05) is 13.1 Å². The summed E-state index contributed by atoms with van der Waals surface area (Å²) in [7, 11) is 0. The van der Waals surface area contributed by atoms with Crippen molar-refractivity contribution in [1.29, 1.82) is 0 Å². The molecule has 0 atom stereocenters. The molecule has 0 aliphatic carbocycles. The van der Waals surface area contributed by atoms with Crippen LogP contribution in [0.5, 0.6) is 0 Å². The quantitative estimate of drug-likeness (QED) is 0.0593. The van der Waals surface area contributed by atoms with Crippen molar-refractivity contribution < 1.29 is 9.59 Å². The number of rotatable bonds is 20. The highest BCUT2D eigenvalue weighted by Gasteiger charge is 2.25. The highest BCUT2D eigenvalue weighted by atomic mass is 32.1. The van der Waals surface area contributed by atoms with E-state index in [-0.39, 0.29) is 22.9 Å². The standard InChI is InChI=1S/C44H50N4O4S3/c1-3-5-7-9-11-13-21-45-37(49)19-15-27-23-31-35(53-27)25-33-41-39-29(43(51)47(31)33)17-18-30-40(39)42(55-41)34-26-36-32(48(34)44(30)52)24-28(54-36)16-20-38(50)46-22-14-12-10-8-6-4-2/h17-18,23-26H,3-16,19-22H2,1-2H3,(H,45,49)(H,46,50). The first-order valence-corrected chi connectivity index (χ1v) is 22.8. The van der Waals surface area contributed by atoms with E-state index < -0.39 is 0 Å². The van der Waals surface area contributed by atoms with E-state index in [2.05, 4.69) is 48.7 Å². The number of thiophene rings is 3. The van der Waals surface area contributed by atoms with Gasteiger partial charge in [-0.15, -0.1) is 34.0 Å². The zero-order valence-corrected chi connectivity index (χ0v) is 34.4. The largest absolute Gasteiger partial charge is 0.356 e. The number of nitrogens with zero attached hydrogens (tertiary/aromatic N) is 2. The lowest BCUT2D eigenvalue weighted by Crippen LogP contribution is -2.24. The average molecular weight is 795 g/mol. The minimum atomic E-state index is -0.0792. The Labute approximate surface area is 332 Å². The summed E-state index contributed by atoms with van der Waals surface area (Å²) in [6, 6.07) is 12.0. The second-order valence-electron chi connectivity index (χ2n) is 15.2. The topological polar surface area (TPSA) is 101 Å². The molecule has 55 heavy (non-hydrogen) atoms. The normalized spacial score (nSPS) is 12.3. The van der Waals surface area contributed by atoms with Gasteiger partial charge in [0.05, 0.1) is 40.9 Å². The second-order valence-corrected chi connectivity index (χ2v) is 18.5. The first kappa shape index (κ1) is 37.8. The van der Waals surface area contributed by atoms with Gasteiger partial charge in [-0.05, 0) is 62.1 Å². The molecule has 0 unspecified atom stereocenters. The highest BCUT2D eigenvalue weighted by Crippen LogP contribution is 2.45. The van der Waals surface area contributed by atoms with Crippen molar-refractivity contribution in [3.05, 3.63) is 66.9 Å². The minimum absolute atomic E-state index is 0.0769. The molecule has 11 heteroatoms. The highest BCUT2D eigenvalue weighted by molar-refractivity contribution is 7.28. The molecule has 2 N–H and O–H groups in total. The van der Waals surface area contributed by atoms with Crippen molar-refractivity contribution in [2.45, 2.75) is 117 Å². The Balaban J connectivity index is 1.02. The molecule has 288 valence electrons. The number of hydrogen-bond donors (Lipinski definition) is 2. The van der Waals surface area contributed by atoms with Crippen LogP contribution in [0.15, 0.2) is 46.0 Å². The number of pyridine rings is 2. The number of aryl methyl sites for hydroxylation is 2. The number of carbonyl (C=O) groups excluding carboxylic acids is 2. The molecule has 8 aromatic rings. The van der Waals surface area contributed by atoms with E-state index in [1.165, 1.54) is 51.4 Å². The molecular weight excluding hydrogens is 745 g/mol. The van der Waals surface area contributed by atoms with Gasteiger partial charge in [-0.1, -0.05) is 78.1 Å². The van der Waals surface area contributed by atoms with Gasteiger partial charge in [0.2, 0.25) is 11.8 Å². The van der Waals surface area contributed by atoms with Gasteiger partial charge >= 0.3 is 0 Å². The predicted octanol–water partition coefficient (Wildman–Crippen LogP) is 10.6. The lowest BCUT2D eigenvalue weighted by molar-refractivity contribution is -0.121. The SMILES string of the molecule is CCCCCCCCNC(=O)CCc1cc2c(cc3c4sc5c6c(ccc(c(=O)n23)c46)c(=O)n2c3cc(CCC(=O)NCCCCCCCC)sc3cc52)s1. The van der Waals surface area contributed by atoms with Gasteiger partial charge in [-0.3, -0.25) is 28.0 Å². The van der Waals surface area contributed by atoms with E-state index >= 15 is 0 Å². The Kier molecular flexibility index (Phi) is 11.4. The summed E-state index contributed by atoms with van der Waals surface area (Å²) in [6.07, 6.45) is 16.5. The maximum absolute atomic E-state index is 14.2. The van der Waals surface area contributed by atoms with Crippen LogP contribution in [0.25, 0.3) is 62.4 Å². The molecule has 0 aliphatic heterocycles. The zero-order valence-electron chi connectivity index (χ0n) is 31.9. The van der Waals surface area contributed by atoms with E-state index in [4.69, 9.17) is 0 Å². The summed E-state index contributed by atoms with van der Waals surface area (Å²) >= 11 is 4.95. The van der Waals surface area contributed by atoms with Crippen molar-refractivity contribution in [1.82, 2.24) is 19.4 Å².